The molecule has 1 aromatic carbocycles. The summed E-state index contributed by atoms with van der Waals surface area (Å²) in [6.07, 6.45) is 4.00. The molecule has 1 amide bonds. The van der Waals surface area contributed by atoms with Gasteiger partial charge < -0.3 is 5.32 Å². The molecule has 16 heavy (non-hydrogen) atoms. The molecule has 0 unspecified atom stereocenters. The van der Waals surface area contributed by atoms with Gasteiger partial charge >= 0.3 is 0 Å². The molecule has 0 fully saturated rings. The van der Waals surface area contributed by atoms with E-state index in [1.807, 2.05) is 6.07 Å². The average Bonchev–Trinajstić information content (AvgIpc) is 2.27. The van der Waals surface area contributed by atoms with E-state index in [1.165, 1.54) is 11.1 Å². The van der Waals surface area contributed by atoms with E-state index < -0.39 is 0 Å². The summed E-state index contributed by atoms with van der Waals surface area (Å²) in [5.41, 5.74) is 2.46. The molecular formula is C14H19NO. The van der Waals surface area contributed by atoms with Crippen LogP contribution in [0.15, 0.2) is 36.9 Å². The fraction of sp³-hybridized carbons (Fsp3) is 0.357. The molecule has 0 radical (unpaired) electrons. The third kappa shape index (κ3) is 4.78. The van der Waals surface area contributed by atoms with Gasteiger partial charge in [0.15, 0.2) is 0 Å². The zero-order chi connectivity index (χ0) is 11.8. The predicted octanol–water partition coefficient (Wildman–Crippen LogP) is 2.62. The quantitative estimate of drug-likeness (QED) is 0.576. The topological polar surface area (TPSA) is 29.1 Å². The molecule has 0 aliphatic carbocycles. The molecule has 2 nitrogen and oxygen atoms in total. The lowest BCUT2D eigenvalue weighted by Crippen LogP contribution is -2.24. The number of carbonyl (C=O) groups is 1. The fourth-order valence-corrected chi connectivity index (χ4v) is 1.53. The summed E-state index contributed by atoms with van der Waals surface area (Å²) in [7, 11) is 0. The Morgan fingerprint density at radius 1 is 1.50 bits per heavy atom. The van der Waals surface area contributed by atoms with Crippen molar-refractivity contribution in [2.24, 2.45) is 0 Å². The van der Waals surface area contributed by atoms with Crippen LogP contribution in [0, 0.1) is 6.92 Å². The van der Waals surface area contributed by atoms with Crippen molar-refractivity contribution in [3.63, 3.8) is 0 Å². The monoisotopic (exact) mass is 217 g/mol. The van der Waals surface area contributed by atoms with Crippen molar-refractivity contribution in [3.8, 4) is 0 Å². The first kappa shape index (κ1) is 12.5. The van der Waals surface area contributed by atoms with Crippen molar-refractivity contribution < 1.29 is 4.79 Å². The molecule has 1 rings (SSSR count). The molecule has 1 N–H and O–H groups in total. The molecule has 0 bridgehead atoms. The Bertz CT molecular complexity index is 358. The molecule has 2 heteroatoms. The minimum Gasteiger partial charge on any atom is -0.356 e. The van der Waals surface area contributed by atoms with Crippen molar-refractivity contribution in [2.75, 3.05) is 6.54 Å². The van der Waals surface area contributed by atoms with E-state index in [0.29, 0.717) is 13.0 Å². The van der Waals surface area contributed by atoms with Gasteiger partial charge in [-0.05, 0) is 25.3 Å². The van der Waals surface area contributed by atoms with Crippen LogP contribution in [-0.4, -0.2) is 12.5 Å². The number of rotatable bonds is 6. The minimum atomic E-state index is 0.114. The van der Waals surface area contributed by atoms with Gasteiger partial charge in [0.25, 0.3) is 0 Å². The number of hydrogen-bond donors (Lipinski definition) is 1. The Morgan fingerprint density at radius 3 is 3.00 bits per heavy atom. The van der Waals surface area contributed by atoms with Gasteiger partial charge in [-0.25, -0.2) is 0 Å². The van der Waals surface area contributed by atoms with Crippen molar-refractivity contribution in [1.29, 1.82) is 0 Å². The maximum atomic E-state index is 11.4. The van der Waals surface area contributed by atoms with Crippen LogP contribution in [0.3, 0.4) is 0 Å². The SMILES string of the molecule is C=CCCNC(=O)CCc1cccc(C)c1. The van der Waals surface area contributed by atoms with Crippen LogP contribution in [-0.2, 0) is 11.2 Å². The number of amides is 1. The molecular weight excluding hydrogens is 198 g/mol. The zero-order valence-corrected chi connectivity index (χ0v) is 9.83. The highest BCUT2D eigenvalue weighted by Gasteiger charge is 2.01. The van der Waals surface area contributed by atoms with Gasteiger partial charge in [-0.2, -0.15) is 0 Å². The second kappa shape index (κ2) is 6.83. The largest absolute Gasteiger partial charge is 0.356 e. The first-order valence-electron chi connectivity index (χ1n) is 5.65. The van der Waals surface area contributed by atoms with E-state index in [9.17, 15) is 4.79 Å². The zero-order valence-electron chi connectivity index (χ0n) is 9.83. The highest BCUT2D eigenvalue weighted by atomic mass is 16.1. The Balaban J connectivity index is 2.28. The molecule has 0 saturated heterocycles. The molecule has 1 aromatic rings. The molecule has 0 heterocycles. The molecule has 0 aliphatic rings. The summed E-state index contributed by atoms with van der Waals surface area (Å²) in [5.74, 6) is 0.114. The summed E-state index contributed by atoms with van der Waals surface area (Å²) in [6.45, 7) is 6.36. The Morgan fingerprint density at radius 2 is 2.31 bits per heavy atom. The van der Waals surface area contributed by atoms with Gasteiger partial charge in [0.1, 0.15) is 0 Å². The second-order valence-electron chi connectivity index (χ2n) is 3.92. The third-order valence-corrected chi connectivity index (χ3v) is 2.39. The highest BCUT2D eigenvalue weighted by Crippen LogP contribution is 2.06. The van der Waals surface area contributed by atoms with Gasteiger partial charge in [-0.3, -0.25) is 4.79 Å². The first-order valence-corrected chi connectivity index (χ1v) is 5.65. The van der Waals surface area contributed by atoms with E-state index in [2.05, 4.69) is 37.0 Å². The Kier molecular flexibility index (Phi) is 5.34. The minimum absolute atomic E-state index is 0.114. The molecule has 0 aromatic heterocycles. The van der Waals surface area contributed by atoms with Gasteiger partial charge in [-0.1, -0.05) is 35.9 Å². The van der Waals surface area contributed by atoms with Gasteiger partial charge in [0.05, 0.1) is 0 Å². The number of hydrogen-bond acceptors (Lipinski definition) is 1. The van der Waals surface area contributed by atoms with E-state index in [0.717, 1.165) is 12.8 Å². The fourth-order valence-electron chi connectivity index (χ4n) is 1.53. The first-order chi connectivity index (χ1) is 7.72. The predicted molar refractivity (Wildman–Crippen MR) is 67.3 cm³/mol. The van der Waals surface area contributed by atoms with Crippen molar-refractivity contribution in [1.82, 2.24) is 5.32 Å². The van der Waals surface area contributed by atoms with Crippen LogP contribution in [0.4, 0.5) is 0 Å². The number of carbonyl (C=O) groups excluding carboxylic acids is 1. The maximum Gasteiger partial charge on any atom is 0.220 e. The van der Waals surface area contributed by atoms with E-state index in [-0.39, 0.29) is 5.91 Å². The van der Waals surface area contributed by atoms with Crippen molar-refractivity contribution >= 4 is 5.91 Å². The average molecular weight is 217 g/mol. The standard InChI is InChI=1S/C14H19NO/c1-3-4-10-15-14(16)9-8-13-7-5-6-12(2)11-13/h3,5-7,11H,1,4,8-10H2,2H3,(H,15,16). The molecule has 86 valence electrons. The normalized spacial score (nSPS) is 9.81. The second-order valence-corrected chi connectivity index (χ2v) is 3.92. The number of benzene rings is 1. The van der Waals surface area contributed by atoms with E-state index in [4.69, 9.17) is 0 Å². The van der Waals surface area contributed by atoms with Crippen LogP contribution in [0.2, 0.25) is 0 Å². The number of nitrogens with one attached hydrogen (secondary N) is 1. The highest BCUT2D eigenvalue weighted by molar-refractivity contribution is 5.76. The maximum absolute atomic E-state index is 11.4. The van der Waals surface area contributed by atoms with Gasteiger partial charge in [0, 0.05) is 13.0 Å². The smallest absolute Gasteiger partial charge is 0.220 e. The molecule has 0 saturated carbocycles. The third-order valence-electron chi connectivity index (χ3n) is 2.39. The summed E-state index contributed by atoms with van der Waals surface area (Å²) in [6, 6.07) is 8.27. The lowest BCUT2D eigenvalue weighted by molar-refractivity contribution is -0.121. The lowest BCUT2D eigenvalue weighted by atomic mass is 10.1. The molecule has 0 aliphatic heterocycles. The Hall–Kier alpha value is -1.57. The summed E-state index contributed by atoms with van der Waals surface area (Å²) >= 11 is 0. The van der Waals surface area contributed by atoms with E-state index >= 15 is 0 Å². The van der Waals surface area contributed by atoms with Crippen LogP contribution < -0.4 is 5.32 Å². The lowest BCUT2D eigenvalue weighted by Gasteiger charge is -2.04. The van der Waals surface area contributed by atoms with Gasteiger partial charge in [0.2, 0.25) is 5.91 Å². The summed E-state index contributed by atoms with van der Waals surface area (Å²) in [4.78, 5) is 11.4. The molecule has 0 atom stereocenters. The van der Waals surface area contributed by atoms with E-state index in [1.54, 1.807) is 6.08 Å². The van der Waals surface area contributed by atoms with Gasteiger partial charge in [-0.15, -0.1) is 6.58 Å². The van der Waals surface area contributed by atoms with Crippen LogP contribution in [0.5, 0.6) is 0 Å². The summed E-state index contributed by atoms with van der Waals surface area (Å²) in [5, 5.41) is 2.86. The van der Waals surface area contributed by atoms with Crippen LogP contribution in [0.1, 0.15) is 24.0 Å². The molecule has 0 spiro atoms. The Labute approximate surface area is 97.4 Å². The summed E-state index contributed by atoms with van der Waals surface area (Å²) < 4.78 is 0. The van der Waals surface area contributed by atoms with Crippen LogP contribution >= 0.6 is 0 Å². The number of aryl methyl sites for hydroxylation is 2. The van der Waals surface area contributed by atoms with Crippen molar-refractivity contribution in [3.05, 3.63) is 48.0 Å². The van der Waals surface area contributed by atoms with Crippen molar-refractivity contribution in [2.45, 2.75) is 26.2 Å². The van der Waals surface area contributed by atoms with Crippen LogP contribution in [0.25, 0.3) is 0 Å².